The lowest BCUT2D eigenvalue weighted by molar-refractivity contribution is -0.146. The Bertz CT molecular complexity index is 713. The van der Waals surface area contributed by atoms with Gasteiger partial charge in [-0.15, -0.1) is 0 Å². The number of hydrogen-bond acceptors (Lipinski definition) is 5. The summed E-state index contributed by atoms with van der Waals surface area (Å²) in [5.74, 6) is 0.138. The topological polar surface area (TPSA) is 68.1 Å². The van der Waals surface area contributed by atoms with Gasteiger partial charge in [-0.05, 0) is 50.5 Å². The summed E-state index contributed by atoms with van der Waals surface area (Å²) in [7, 11) is 0. The summed E-state index contributed by atoms with van der Waals surface area (Å²) in [6.07, 6.45) is 6.06. The molecule has 0 fully saturated rings. The number of ether oxygens (including phenoxy) is 2. The normalized spacial score (nSPS) is 29.0. The number of esters is 1. The summed E-state index contributed by atoms with van der Waals surface area (Å²) in [6, 6.07) is 7.21. The van der Waals surface area contributed by atoms with E-state index in [0.29, 0.717) is 10.9 Å². The van der Waals surface area contributed by atoms with Crippen LogP contribution in [0.4, 0.5) is 0 Å². The van der Waals surface area contributed by atoms with Crippen molar-refractivity contribution in [3.8, 4) is 0 Å². The van der Waals surface area contributed by atoms with Gasteiger partial charge < -0.3 is 14.6 Å². The van der Waals surface area contributed by atoms with Gasteiger partial charge in [0.25, 0.3) is 0 Å². The van der Waals surface area contributed by atoms with Crippen LogP contribution in [0.2, 0.25) is 5.02 Å². The third-order valence-corrected chi connectivity index (χ3v) is 5.29. The van der Waals surface area contributed by atoms with Gasteiger partial charge in [-0.1, -0.05) is 23.8 Å². The van der Waals surface area contributed by atoms with Gasteiger partial charge in [0.1, 0.15) is 12.7 Å². The highest BCUT2D eigenvalue weighted by Crippen LogP contribution is 2.39. The fourth-order valence-corrected chi connectivity index (χ4v) is 3.68. The van der Waals surface area contributed by atoms with E-state index in [-0.39, 0.29) is 12.5 Å². The SMILES string of the molecule is CC(=O)OC[C@@]1(C(C)O)N=C(c2ccc(Cl)cc2)O[C@H]1[C@@H]1C=CCCC1. The second-order valence-electron chi connectivity index (χ2n) is 6.93. The highest BCUT2D eigenvalue weighted by molar-refractivity contribution is 6.30. The fraction of sp³-hybridized carbons (Fsp3) is 0.500. The molecule has 0 amide bonds. The zero-order valence-corrected chi connectivity index (χ0v) is 15.8. The Morgan fingerprint density at radius 1 is 1.46 bits per heavy atom. The molecule has 26 heavy (non-hydrogen) atoms. The van der Waals surface area contributed by atoms with Gasteiger partial charge in [0.15, 0.2) is 5.54 Å². The van der Waals surface area contributed by atoms with E-state index in [9.17, 15) is 9.90 Å². The van der Waals surface area contributed by atoms with Crippen molar-refractivity contribution in [2.75, 3.05) is 6.61 Å². The van der Waals surface area contributed by atoms with Crippen molar-refractivity contribution in [1.29, 1.82) is 0 Å². The molecule has 3 rings (SSSR count). The van der Waals surface area contributed by atoms with Crippen molar-refractivity contribution in [3.05, 3.63) is 47.0 Å². The lowest BCUT2D eigenvalue weighted by atomic mass is 9.78. The molecule has 1 heterocycles. The molecule has 1 unspecified atom stereocenters. The summed E-state index contributed by atoms with van der Waals surface area (Å²) in [5, 5.41) is 11.2. The van der Waals surface area contributed by atoms with E-state index < -0.39 is 23.7 Å². The summed E-state index contributed by atoms with van der Waals surface area (Å²) in [4.78, 5) is 16.2. The molecule has 140 valence electrons. The molecule has 0 spiro atoms. The molecule has 6 heteroatoms. The van der Waals surface area contributed by atoms with Gasteiger partial charge in [-0.3, -0.25) is 4.79 Å². The standard InChI is InChI=1S/C20H24ClNO4/c1-13(23)20(12-25-14(2)24)18(15-6-4-3-5-7-15)26-19(22-20)16-8-10-17(21)11-9-16/h4,6,8-11,13,15,18,23H,3,5,7,12H2,1-2H3/t13?,15-,18+,20+/m1/s1. The quantitative estimate of drug-likeness (QED) is 0.629. The van der Waals surface area contributed by atoms with E-state index in [0.717, 1.165) is 24.8 Å². The van der Waals surface area contributed by atoms with Crippen molar-refractivity contribution in [3.63, 3.8) is 0 Å². The highest BCUT2D eigenvalue weighted by Gasteiger charge is 2.53. The predicted octanol–water partition coefficient (Wildman–Crippen LogP) is 3.52. The summed E-state index contributed by atoms with van der Waals surface area (Å²) in [5.41, 5.74) is -0.253. The fourth-order valence-electron chi connectivity index (χ4n) is 3.56. The second-order valence-corrected chi connectivity index (χ2v) is 7.37. The molecule has 2 aliphatic rings. The molecule has 0 aromatic heterocycles. The molecule has 0 saturated carbocycles. The van der Waals surface area contributed by atoms with Crippen LogP contribution in [0.1, 0.15) is 38.7 Å². The Labute approximate surface area is 158 Å². The Morgan fingerprint density at radius 2 is 2.19 bits per heavy atom. The van der Waals surface area contributed by atoms with Crippen molar-refractivity contribution in [1.82, 2.24) is 0 Å². The molecule has 1 aromatic carbocycles. The third kappa shape index (κ3) is 3.79. The van der Waals surface area contributed by atoms with Crippen LogP contribution in [0.15, 0.2) is 41.4 Å². The molecule has 0 bridgehead atoms. The molecule has 4 atom stereocenters. The first-order chi connectivity index (χ1) is 12.4. The van der Waals surface area contributed by atoms with Crippen LogP contribution in [-0.2, 0) is 14.3 Å². The summed E-state index contributed by atoms with van der Waals surface area (Å²) in [6.45, 7) is 3.00. The van der Waals surface area contributed by atoms with Gasteiger partial charge in [-0.25, -0.2) is 4.99 Å². The minimum absolute atomic E-state index is 0.0217. The van der Waals surface area contributed by atoms with Crippen LogP contribution in [0.5, 0.6) is 0 Å². The van der Waals surface area contributed by atoms with Gasteiger partial charge >= 0.3 is 5.97 Å². The number of carbonyl (C=O) groups excluding carboxylic acids is 1. The Morgan fingerprint density at radius 3 is 2.77 bits per heavy atom. The number of benzene rings is 1. The number of halogens is 1. The molecule has 1 aliphatic heterocycles. The summed E-state index contributed by atoms with van der Waals surface area (Å²) < 4.78 is 11.5. The van der Waals surface area contributed by atoms with E-state index in [2.05, 4.69) is 12.2 Å². The number of allylic oxidation sites excluding steroid dienone is 1. The van der Waals surface area contributed by atoms with Gasteiger partial charge in [-0.2, -0.15) is 0 Å². The number of carbonyl (C=O) groups is 1. The monoisotopic (exact) mass is 377 g/mol. The first-order valence-electron chi connectivity index (χ1n) is 8.93. The smallest absolute Gasteiger partial charge is 0.302 e. The Balaban J connectivity index is 1.99. The molecule has 1 aromatic rings. The largest absolute Gasteiger partial charge is 0.471 e. The zero-order valence-electron chi connectivity index (χ0n) is 15.0. The molecule has 1 N–H and O–H groups in total. The summed E-state index contributed by atoms with van der Waals surface area (Å²) >= 11 is 5.97. The Hall–Kier alpha value is -1.85. The van der Waals surface area contributed by atoms with Crippen LogP contribution < -0.4 is 0 Å². The number of rotatable bonds is 5. The van der Waals surface area contributed by atoms with Crippen LogP contribution in [0.25, 0.3) is 0 Å². The third-order valence-electron chi connectivity index (χ3n) is 5.04. The van der Waals surface area contributed by atoms with E-state index >= 15 is 0 Å². The Kier molecular flexibility index (Phi) is 5.68. The average molecular weight is 378 g/mol. The van der Waals surface area contributed by atoms with Crippen molar-refractivity contribution in [2.24, 2.45) is 10.9 Å². The predicted molar refractivity (Wildman–Crippen MR) is 100 cm³/mol. The number of aliphatic hydroxyl groups is 1. The zero-order chi connectivity index (χ0) is 18.7. The lowest BCUT2D eigenvalue weighted by Gasteiger charge is -2.37. The number of hydrogen-bond donors (Lipinski definition) is 1. The van der Waals surface area contributed by atoms with Gasteiger partial charge in [0, 0.05) is 23.4 Å². The van der Waals surface area contributed by atoms with Crippen LogP contribution in [0, 0.1) is 5.92 Å². The number of aliphatic imine (C=N–C) groups is 1. The molecule has 5 nitrogen and oxygen atoms in total. The lowest BCUT2D eigenvalue weighted by Crippen LogP contribution is -2.54. The molecule has 0 saturated heterocycles. The maximum atomic E-state index is 11.4. The minimum Gasteiger partial charge on any atom is -0.471 e. The average Bonchev–Trinajstić information content (AvgIpc) is 3.02. The minimum atomic E-state index is -1.03. The molecular weight excluding hydrogens is 354 g/mol. The van der Waals surface area contributed by atoms with Crippen LogP contribution in [-0.4, -0.2) is 41.3 Å². The first-order valence-corrected chi connectivity index (χ1v) is 9.31. The first kappa shape index (κ1) is 18.9. The van der Waals surface area contributed by atoms with E-state index in [4.69, 9.17) is 26.1 Å². The van der Waals surface area contributed by atoms with Gasteiger partial charge in [0.05, 0.1) is 6.10 Å². The molecule has 1 aliphatic carbocycles. The van der Waals surface area contributed by atoms with Crippen LogP contribution >= 0.6 is 11.6 Å². The van der Waals surface area contributed by atoms with Crippen molar-refractivity contribution in [2.45, 2.75) is 50.9 Å². The maximum absolute atomic E-state index is 11.4. The van der Waals surface area contributed by atoms with E-state index in [1.165, 1.54) is 6.92 Å². The second kappa shape index (κ2) is 7.80. The van der Waals surface area contributed by atoms with Crippen molar-refractivity contribution >= 4 is 23.5 Å². The highest BCUT2D eigenvalue weighted by atomic mass is 35.5. The molecular formula is C20H24ClNO4. The van der Waals surface area contributed by atoms with E-state index in [1.807, 2.05) is 12.1 Å². The van der Waals surface area contributed by atoms with Crippen LogP contribution in [0.3, 0.4) is 0 Å². The number of aliphatic hydroxyl groups excluding tert-OH is 1. The number of nitrogens with zero attached hydrogens (tertiary/aromatic N) is 1. The molecule has 0 radical (unpaired) electrons. The van der Waals surface area contributed by atoms with Gasteiger partial charge in [0.2, 0.25) is 5.90 Å². The maximum Gasteiger partial charge on any atom is 0.302 e. The van der Waals surface area contributed by atoms with Crippen molar-refractivity contribution < 1.29 is 19.4 Å². The van der Waals surface area contributed by atoms with E-state index in [1.54, 1.807) is 19.1 Å².